The summed E-state index contributed by atoms with van der Waals surface area (Å²) in [6.45, 7) is 15.9. The summed E-state index contributed by atoms with van der Waals surface area (Å²) in [6.07, 6.45) is 7.13. The van der Waals surface area contributed by atoms with Gasteiger partial charge in [-0.25, -0.2) is 0 Å². The van der Waals surface area contributed by atoms with Crippen LogP contribution >= 0.6 is 0 Å². The first kappa shape index (κ1) is 27.9. The van der Waals surface area contributed by atoms with Crippen molar-refractivity contribution in [1.29, 1.82) is 0 Å². The van der Waals surface area contributed by atoms with Gasteiger partial charge in [-0.05, 0) is 79.7 Å². The predicted molar refractivity (Wildman–Crippen MR) is 164 cm³/mol. The first-order valence-electron chi connectivity index (χ1n) is 14.2. The van der Waals surface area contributed by atoms with E-state index < -0.39 is 17.3 Å². The Hall–Kier alpha value is -3.66. The Labute approximate surface area is 238 Å². The second-order valence-electron chi connectivity index (χ2n) is 13.9. The molecule has 0 amide bonds. The van der Waals surface area contributed by atoms with Crippen LogP contribution in [0.3, 0.4) is 0 Å². The predicted octanol–water partition coefficient (Wildman–Crippen LogP) is 8.47. The van der Waals surface area contributed by atoms with Crippen molar-refractivity contribution in [3.05, 3.63) is 100 Å². The van der Waals surface area contributed by atoms with Gasteiger partial charge in [0.15, 0.2) is 0 Å². The van der Waals surface area contributed by atoms with Crippen LogP contribution in [0.1, 0.15) is 94.7 Å². The number of rotatable bonds is 4. The Morgan fingerprint density at radius 1 is 0.925 bits per heavy atom. The fraction of sp³-hybridized carbons (Fsp3) is 0.389. The molecule has 0 spiro atoms. The number of hydrogen-bond donors (Lipinski definition) is 2. The normalized spacial score (nSPS) is 23.0. The maximum absolute atomic E-state index is 12.8. The molecule has 0 radical (unpaired) electrons. The quantitative estimate of drug-likeness (QED) is 0.200. The Morgan fingerprint density at radius 3 is 2.20 bits per heavy atom. The summed E-state index contributed by atoms with van der Waals surface area (Å²) in [4.78, 5) is 12.8. The van der Waals surface area contributed by atoms with Gasteiger partial charge in [0.1, 0.15) is 0 Å². The summed E-state index contributed by atoms with van der Waals surface area (Å²) < 4.78 is 0. The number of carboxylic acid groups (broad SMARTS) is 1. The average molecular weight is 536 g/mol. The SMILES string of the molecule is CC(C)(C)c1ccc(-c2cc(C3(C=NO)c4ccccc4C=CC3C(=O)O)cc3c2C(C)(C)CCC3(C)C)cc1. The molecule has 0 aliphatic heterocycles. The molecule has 3 aromatic rings. The first-order chi connectivity index (χ1) is 18.7. The summed E-state index contributed by atoms with van der Waals surface area (Å²) >= 11 is 0. The lowest BCUT2D eigenvalue weighted by molar-refractivity contribution is -0.141. The molecule has 2 N–H and O–H groups in total. The molecule has 0 bridgehead atoms. The summed E-state index contributed by atoms with van der Waals surface area (Å²) in [6, 6.07) is 21.0. The van der Waals surface area contributed by atoms with E-state index in [1.54, 1.807) is 6.08 Å². The largest absolute Gasteiger partial charge is 0.481 e. The monoisotopic (exact) mass is 535 g/mol. The summed E-state index contributed by atoms with van der Waals surface area (Å²) in [7, 11) is 0. The van der Waals surface area contributed by atoms with Gasteiger partial charge < -0.3 is 10.3 Å². The van der Waals surface area contributed by atoms with Gasteiger partial charge in [-0.15, -0.1) is 5.16 Å². The number of benzene rings is 3. The highest BCUT2D eigenvalue weighted by Crippen LogP contribution is 2.53. The van der Waals surface area contributed by atoms with E-state index in [4.69, 9.17) is 0 Å². The third-order valence-electron chi connectivity index (χ3n) is 9.35. The van der Waals surface area contributed by atoms with E-state index in [0.29, 0.717) is 0 Å². The molecule has 2 atom stereocenters. The van der Waals surface area contributed by atoms with Crippen molar-refractivity contribution in [3.8, 4) is 11.1 Å². The molecule has 2 aliphatic carbocycles. The number of oxime groups is 1. The molecule has 40 heavy (non-hydrogen) atoms. The van der Waals surface area contributed by atoms with E-state index in [-0.39, 0.29) is 16.2 Å². The fourth-order valence-corrected chi connectivity index (χ4v) is 6.87. The lowest BCUT2D eigenvalue weighted by Crippen LogP contribution is -2.44. The van der Waals surface area contributed by atoms with Gasteiger partial charge in [-0.1, -0.05) is 115 Å². The number of aliphatic carboxylic acids is 1. The molecule has 0 aromatic heterocycles. The maximum Gasteiger partial charge on any atom is 0.312 e. The molecular formula is C36H41NO3. The minimum Gasteiger partial charge on any atom is -0.481 e. The zero-order valence-corrected chi connectivity index (χ0v) is 24.7. The van der Waals surface area contributed by atoms with Gasteiger partial charge in [0.2, 0.25) is 0 Å². The van der Waals surface area contributed by atoms with E-state index >= 15 is 0 Å². The molecule has 0 saturated heterocycles. The van der Waals surface area contributed by atoms with E-state index in [9.17, 15) is 15.1 Å². The van der Waals surface area contributed by atoms with Gasteiger partial charge in [-0.2, -0.15) is 0 Å². The molecule has 0 fully saturated rings. The lowest BCUT2D eigenvalue weighted by atomic mass is 9.57. The Kier molecular flexibility index (Phi) is 6.60. The third-order valence-corrected chi connectivity index (χ3v) is 9.35. The standard InChI is InChI=1S/C36H41NO3/c1-33(2,3)25-15-12-23(13-16-25)27-20-26(21-30-31(27)35(6,7)19-18-34(30,4)5)36(22-37-40)28-11-9-8-10-24(28)14-17-29(36)32(38)39/h8-17,20-22,29,40H,18-19H2,1-7H3,(H,38,39). The first-order valence-corrected chi connectivity index (χ1v) is 14.2. The van der Waals surface area contributed by atoms with Crippen LogP contribution in [-0.4, -0.2) is 22.5 Å². The lowest BCUT2D eigenvalue weighted by Gasteiger charge is -2.45. The number of carbonyl (C=O) groups is 1. The second kappa shape index (κ2) is 9.47. The van der Waals surface area contributed by atoms with Gasteiger partial charge in [-0.3, -0.25) is 4.79 Å². The highest BCUT2D eigenvalue weighted by atomic mass is 16.4. The zero-order valence-electron chi connectivity index (χ0n) is 24.7. The highest BCUT2D eigenvalue weighted by molar-refractivity contribution is 5.93. The molecule has 4 nitrogen and oxygen atoms in total. The van der Waals surface area contributed by atoms with Gasteiger partial charge >= 0.3 is 5.97 Å². The molecule has 0 saturated carbocycles. The van der Waals surface area contributed by atoms with E-state index in [0.717, 1.165) is 40.7 Å². The van der Waals surface area contributed by atoms with Crippen molar-refractivity contribution >= 4 is 18.3 Å². The zero-order chi connectivity index (χ0) is 29.1. The van der Waals surface area contributed by atoms with Crippen molar-refractivity contribution in [2.24, 2.45) is 11.1 Å². The number of carboxylic acids is 1. The maximum atomic E-state index is 12.8. The van der Waals surface area contributed by atoms with Crippen LogP contribution < -0.4 is 0 Å². The van der Waals surface area contributed by atoms with E-state index in [1.807, 2.05) is 30.3 Å². The molecule has 5 rings (SSSR count). The molecule has 208 valence electrons. The molecule has 3 aromatic carbocycles. The summed E-state index contributed by atoms with van der Waals surface area (Å²) in [5.41, 5.74) is 7.31. The van der Waals surface area contributed by atoms with Crippen LogP contribution in [0, 0.1) is 5.92 Å². The van der Waals surface area contributed by atoms with E-state index in [1.165, 1.54) is 22.9 Å². The number of fused-ring (bicyclic) bond motifs is 2. The molecule has 0 heterocycles. The van der Waals surface area contributed by atoms with Gasteiger partial charge in [0.25, 0.3) is 0 Å². The van der Waals surface area contributed by atoms with Gasteiger partial charge in [0.05, 0.1) is 17.5 Å². The van der Waals surface area contributed by atoms with Crippen LogP contribution in [-0.2, 0) is 26.5 Å². The summed E-state index contributed by atoms with van der Waals surface area (Å²) in [5, 5.41) is 24.1. The minimum atomic E-state index is -1.18. The number of hydrogen-bond acceptors (Lipinski definition) is 3. The highest BCUT2D eigenvalue weighted by Gasteiger charge is 2.49. The van der Waals surface area contributed by atoms with Crippen molar-refractivity contribution in [2.75, 3.05) is 0 Å². The Bertz CT molecular complexity index is 1520. The van der Waals surface area contributed by atoms with Crippen molar-refractivity contribution in [1.82, 2.24) is 0 Å². The van der Waals surface area contributed by atoms with Crippen LogP contribution in [0.2, 0.25) is 0 Å². The van der Waals surface area contributed by atoms with Crippen LogP contribution in [0.4, 0.5) is 0 Å². The van der Waals surface area contributed by atoms with Crippen molar-refractivity contribution < 1.29 is 15.1 Å². The van der Waals surface area contributed by atoms with Crippen LogP contribution in [0.5, 0.6) is 0 Å². The number of nitrogens with zero attached hydrogens (tertiary/aromatic N) is 1. The van der Waals surface area contributed by atoms with Crippen molar-refractivity contribution in [3.63, 3.8) is 0 Å². The molecule has 4 heteroatoms. The smallest absolute Gasteiger partial charge is 0.312 e. The second-order valence-corrected chi connectivity index (χ2v) is 13.9. The molecule has 2 unspecified atom stereocenters. The van der Waals surface area contributed by atoms with Gasteiger partial charge in [0, 0.05) is 0 Å². The Morgan fingerprint density at radius 2 is 1.57 bits per heavy atom. The fourth-order valence-electron chi connectivity index (χ4n) is 6.87. The minimum absolute atomic E-state index is 0.0373. The van der Waals surface area contributed by atoms with Crippen molar-refractivity contribution in [2.45, 2.75) is 83.0 Å². The molecule has 2 aliphatic rings. The topological polar surface area (TPSA) is 69.9 Å². The average Bonchev–Trinajstić information content (AvgIpc) is 2.90. The van der Waals surface area contributed by atoms with Crippen LogP contribution in [0.25, 0.3) is 17.2 Å². The summed E-state index contributed by atoms with van der Waals surface area (Å²) in [5.74, 6) is -1.90. The molecular weight excluding hydrogens is 494 g/mol. The third kappa shape index (κ3) is 4.38. The Balaban J connectivity index is 1.90. The van der Waals surface area contributed by atoms with Crippen LogP contribution in [0.15, 0.2) is 71.9 Å². The van der Waals surface area contributed by atoms with E-state index in [2.05, 4.69) is 90.0 Å².